The van der Waals surface area contributed by atoms with Crippen LogP contribution in [0.5, 0.6) is 0 Å². The summed E-state index contributed by atoms with van der Waals surface area (Å²) in [5.41, 5.74) is 1.57. The van der Waals surface area contributed by atoms with Gasteiger partial charge in [0.05, 0.1) is 5.45 Å². The molecule has 1 heterocycles. The zero-order chi connectivity index (χ0) is 30.4. The molecule has 0 fully saturated rings. The highest BCUT2D eigenvalue weighted by molar-refractivity contribution is 7.64. The number of carbonyl (C=O) groups is 4. The molecule has 0 spiro atoms. The molecular formula is C31H35N4O6P. The molecular weight excluding hydrogens is 555 g/mol. The topological polar surface area (TPSA) is 148 Å². The average molecular weight is 591 g/mol. The summed E-state index contributed by atoms with van der Waals surface area (Å²) in [4.78, 5) is 78.6. The fraction of sp³-hybridized carbons (Fsp3) is 0.323. The van der Waals surface area contributed by atoms with Gasteiger partial charge in [-0.25, -0.2) is 0 Å². The molecule has 0 radical (unpaired) electrons. The summed E-state index contributed by atoms with van der Waals surface area (Å²) >= 11 is 0. The van der Waals surface area contributed by atoms with Gasteiger partial charge in [-0.15, -0.1) is 0 Å². The van der Waals surface area contributed by atoms with Crippen LogP contribution < -0.4 is 10.6 Å². The number of rotatable bonds is 12. The summed E-state index contributed by atoms with van der Waals surface area (Å²) in [6, 6.07) is 17.9. The van der Waals surface area contributed by atoms with E-state index in [9.17, 15) is 29.0 Å². The number of benzene rings is 3. The normalized spacial score (nSPS) is 14.8. The van der Waals surface area contributed by atoms with E-state index < -0.39 is 38.2 Å². The fourth-order valence-corrected chi connectivity index (χ4v) is 5.60. The highest BCUT2D eigenvalue weighted by atomic mass is 31.2. The standard InChI is InChI=1S/C31H35N4O6P/c1-19(2)17-24(29(37)34-25(28(36)32-3)18-20-9-5-4-6-10-20)33-26(42(40)41)15-16-35-30(38)22-13-7-11-21-12-8-14-23(27(21)22)31(35)39/h4-14,19,24-25,40-41H,15-18H2,1-3H3,(H,32,36)(H,34,37)/t24-,25-/m0/s1. The van der Waals surface area contributed by atoms with Gasteiger partial charge in [0.1, 0.15) is 12.1 Å². The maximum Gasteiger partial charge on any atom is 0.261 e. The molecule has 1 aliphatic rings. The highest BCUT2D eigenvalue weighted by Crippen LogP contribution is 2.32. The summed E-state index contributed by atoms with van der Waals surface area (Å²) in [6.45, 7) is 3.66. The molecule has 0 unspecified atom stereocenters. The monoisotopic (exact) mass is 590 g/mol. The van der Waals surface area contributed by atoms with Crippen molar-refractivity contribution >= 4 is 48.2 Å². The Morgan fingerprint density at radius 1 is 0.905 bits per heavy atom. The number of nitrogens with one attached hydrogen (secondary N) is 2. The second kappa shape index (κ2) is 13.8. The predicted molar refractivity (Wildman–Crippen MR) is 162 cm³/mol. The van der Waals surface area contributed by atoms with Crippen LogP contribution in [0.3, 0.4) is 0 Å². The molecule has 10 nitrogen and oxygen atoms in total. The van der Waals surface area contributed by atoms with E-state index in [1.807, 2.05) is 56.3 Å². The molecule has 4 rings (SSSR count). The molecule has 3 aromatic rings. The maximum atomic E-state index is 13.4. The van der Waals surface area contributed by atoms with Gasteiger partial charge in [-0.3, -0.25) is 29.1 Å². The molecule has 1 aliphatic heterocycles. The lowest BCUT2D eigenvalue weighted by Gasteiger charge is -2.27. The first kappa shape index (κ1) is 31.0. The molecule has 4 N–H and O–H groups in total. The van der Waals surface area contributed by atoms with Gasteiger partial charge in [0.15, 0.2) is 0 Å². The van der Waals surface area contributed by atoms with Crippen LogP contribution in [0.2, 0.25) is 0 Å². The van der Waals surface area contributed by atoms with E-state index in [4.69, 9.17) is 0 Å². The number of carbonyl (C=O) groups excluding carboxylic acids is 4. The largest absolute Gasteiger partial charge is 0.357 e. The second-order valence-corrected chi connectivity index (χ2v) is 11.7. The lowest BCUT2D eigenvalue weighted by Crippen LogP contribution is -2.50. The number of amides is 4. The van der Waals surface area contributed by atoms with Gasteiger partial charge in [0.2, 0.25) is 20.2 Å². The van der Waals surface area contributed by atoms with Gasteiger partial charge < -0.3 is 20.4 Å². The molecule has 220 valence electrons. The Morgan fingerprint density at radius 3 is 2.07 bits per heavy atom. The maximum absolute atomic E-state index is 13.4. The third-order valence-corrected chi connectivity index (χ3v) is 7.91. The zero-order valence-electron chi connectivity index (χ0n) is 23.8. The predicted octanol–water partition coefficient (Wildman–Crippen LogP) is 3.41. The second-order valence-electron chi connectivity index (χ2n) is 10.6. The summed E-state index contributed by atoms with van der Waals surface area (Å²) in [5, 5.41) is 6.73. The smallest absolute Gasteiger partial charge is 0.261 e. The Morgan fingerprint density at radius 2 is 1.52 bits per heavy atom. The van der Waals surface area contributed by atoms with E-state index in [2.05, 4.69) is 15.6 Å². The van der Waals surface area contributed by atoms with E-state index in [1.165, 1.54) is 7.05 Å². The number of aliphatic imine (C=N–C) groups is 1. The summed E-state index contributed by atoms with van der Waals surface area (Å²) in [7, 11) is -1.24. The quantitative estimate of drug-likeness (QED) is 0.144. The molecule has 0 aliphatic carbocycles. The number of imide groups is 1. The first-order valence-electron chi connectivity index (χ1n) is 13.8. The Bertz CT molecular complexity index is 1460. The van der Waals surface area contributed by atoms with Crippen molar-refractivity contribution < 1.29 is 29.0 Å². The van der Waals surface area contributed by atoms with Crippen molar-refractivity contribution in [3.63, 3.8) is 0 Å². The number of hydrogen-bond donors (Lipinski definition) is 4. The number of hydrogen-bond acceptors (Lipinski definition) is 7. The zero-order valence-corrected chi connectivity index (χ0v) is 24.7. The summed E-state index contributed by atoms with van der Waals surface area (Å²) < 4.78 is 0. The summed E-state index contributed by atoms with van der Waals surface area (Å²) in [5.74, 6) is -1.84. The van der Waals surface area contributed by atoms with Gasteiger partial charge in [0, 0.05) is 42.9 Å². The average Bonchev–Trinajstić information content (AvgIpc) is 2.97. The lowest BCUT2D eigenvalue weighted by molar-refractivity contribution is -0.129. The van der Waals surface area contributed by atoms with E-state index in [-0.39, 0.29) is 43.1 Å². The minimum atomic E-state index is -2.72. The lowest BCUT2D eigenvalue weighted by atomic mass is 9.94. The molecule has 42 heavy (non-hydrogen) atoms. The molecule has 0 aromatic heterocycles. The molecule has 4 amide bonds. The first-order chi connectivity index (χ1) is 20.1. The van der Waals surface area contributed by atoms with Crippen molar-refractivity contribution in [2.45, 2.75) is 45.2 Å². The number of nitrogens with zero attached hydrogens (tertiary/aromatic N) is 2. The third kappa shape index (κ3) is 7.07. The van der Waals surface area contributed by atoms with E-state index in [0.717, 1.165) is 15.8 Å². The van der Waals surface area contributed by atoms with Crippen molar-refractivity contribution in [1.82, 2.24) is 15.5 Å². The van der Waals surface area contributed by atoms with Crippen LogP contribution in [0.25, 0.3) is 10.8 Å². The molecule has 0 saturated heterocycles. The van der Waals surface area contributed by atoms with E-state index >= 15 is 0 Å². The Hall–Kier alpha value is -3.98. The molecule has 3 aromatic carbocycles. The van der Waals surface area contributed by atoms with Crippen LogP contribution in [-0.4, -0.2) is 69.4 Å². The van der Waals surface area contributed by atoms with Crippen molar-refractivity contribution in [2.24, 2.45) is 10.9 Å². The van der Waals surface area contributed by atoms with Crippen molar-refractivity contribution in [1.29, 1.82) is 0 Å². The molecule has 2 atom stereocenters. The molecule has 0 saturated carbocycles. The minimum absolute atomic E-state index is 0.0178. The van der Waals surface area contributed by atoms with E-state index in [0.29, 0.717) is 16.5 Å². The van der Waals surface area contributed by atoms with Gasteiger partial charge in [-0.1, -0.05) is 68.4 Å². The Labute approximate surface area is 245 Å². The number of likely N-dealkylation sites (N-methyl/N-ethyl adjacent to an activating group) is 1. The van der Waals surface area contributed by atoms with Gasteiger partial charge in [-0.2, -0.15) is 0 Å². The van der Waals surface area contributed by atoms with Gasteiger partial charge in [-0.05, 0) is 35.4 Å². The molecule has 11 heteroatoms. The SMILES string of the molecule is CNC(=O)[C@H](Cc1ccccc1)NC(=O)[C@H](CC(C)C)N=C(CCN1C(=O)c2cccc3cccc(c23)C1=O)P(O)O. The van der Waals surface area contributed by atoms with Crippen LogP contribution in [0.15, 0.2) is 71.7 Å². The van der Waals surface area contributed by atoms with Gasteiger partial charge >= 0.3 is 0 Å². The summed E-state index contributed by atoms with van der Waals surface area (Å²) in [6.07, 6.45) is 0.414. The van der Waals surface area contributed by atoms with Crippen molar-refractivity contribution in [3.8, 4) is 0 Å². The van der Waals surface area contributed by atoms with Crippen LogP contribution in [0, 0.1) is 5.92 Å². The van der Waals surface area contributed by atoms with Crippen LogP contribution in [0.1, 0.15) is 53.0 Å². The minimum Gasteiger partial charge on any atom is -0.357 e. The third-order valence-electron chi connectivity index (χ3n) is 7.11. The van der Waals surface area contributed by atoms with Crippen LogP contribution >= 0.6 is 8.38 Å². The van der Waals surface area contributed by atoms with E-state index in [1.54, 1.807) is 24.3 Å². The van der Waals surface area contributed by atoms with Crippen LogP contribution in [0.4, 0.5) is 0 Å². The Kier molecular flexibility index (Phi) is 10.2. The fourth-order valence-electron chi connectivity index (χ4n) is 5.06. The van der Waals surface area contributed by atoms with Crippen molar-refractivity contribution in [3.05, 3.63) is 83.4 Å². The van der Waals surface area contributed by atoms with Crippen molar-refractivity contribution in [2.75, 3.05) is 13.6 Å². The van der Waals surface area contributed by atoms with Gasteiger partial charge in [0.25, 0.3) is 11.8 Å². The Balaban J connectivity index is 1.55. The molecule has 0 bridgehead atoms. The van der Waals surface area contributed by atoms with Crippen LogP contribution in [-0.2, 0) is 16.0 Å². The highest BCUT2D eigenvalue weighted by Gasteiger charge is 2.33. The first-order valence-corrected chi connectivity index (χ1v) is 15.0.